The van der Waals surface area contributed by atoms with Crippen molar-refractivity contribution in [3.63, 3.8) is 0 Å². The van der Waals surface area contributed by atoms with Crippen molar-refractivity contribution in [3.05, 3.63) is 35.9 Å². The van der Waals surface area contributed by atoms with E-state index in [0.717, 1.165) is 12.0 Å². The molecule has 5 rings (SSSR count). The van der Waals surface area contributed by atoms with Crippen molar-refractivity contribution in [2.45, 2.75) is 30.8 Å². The molecule has 1 aromatic carbocycles. The normalized spacial score (nSPS) is 53.8. The summed E-state index contributed by atoms with van der Waals surface area (Å²) in [6.45, 7) is 0. The molecule has 4 aliphatic rings. The highest BCUT2D eigenvalue weighted by molar-refractivity contribution is 5.32. The van der Waals surface area contributed by atoms with Crippen LogP contribution in [-0.2, 0) is 5.60 Å². The number of hydrogen-bond acceptors (Lipinski definition) is 1. The molecule has 0 spiro atoms. The average molecular weight is 276 g/mol. The van der Waals surface area contributed by atoms with Crippen LogP contribution in [0.3, 0.4) is 0 Å². The fourth-order valence-electron chi connectivity index (χ4n) is 6.47. The molecule has 0 aliphatic heterocycles. The number of fused-ring (bicyclic) bond motifs is 2. The topological polar surface area (TPSA) is 20.2 Å². The fourth-order valence-corrected chi connectivity index (χ4v) is 6.47. The van der Waals surface area contributed by atoms with E-state index in [0.29, 0.717) is 18.3 Å². The van der Waals surface area contributed by atoms with E-state index in [-0.39, 0.29) is 24.2 Å². The molecule has 2 bridgehead atoms. The Labute approximate surface area is 117 Å². The molecule has 0 heterocycles. The van der Waals surface area contributed by atoms with Crippen LogP contribution in [0.2, 0.25) is 0 Å². The predicted molar refractivity (Wildman–Crippen MR) is 70.1 cm³/mol. The number of alkyl halides is 2. The Bertz CT molecular complexity index is 572. The zero-order valence-electron chi connectivity index (χ0n) is 11.2. The van der Waals surface area contributed by atoms with Crippen molar-refractivity contribution in [2.24, 2.45) is 35.5 Å². The number of hydrogen-bond donors (Lipinski definition) is 1. The zero-order valence-corrected chi connectivity index (χ0v) is 11.2. The van der Waals surface area contributed by atoms with Crippen LogP contribution in [0.4, 0.5) is 8.78 Å². The van der Waals surface area contributed by atoms with Gasteiger partial charge in [0.15, 0.2) is 0 Å². The summed E-state index contributed by atoms with van der Waals surface area (Å²) in [6.07, 6.45) is 1.69. The van der Waals surface area contributed by atoms with E-state index in [9.17, 15) is 13.9 Å². The van der Waals surface area contributed by atoms with Crippen LogP contribution in [0.1, 0.15) is 24.8 Å². The summed E-state index contributed by atoms with van der Waals surface area (Å²) in [4.78, 5) is 0. The Morgan fingerprint density at radius 2 is 1.55 bits per heavy atom. The molecule has 7 unspecified atom stereocenters. The van der Waals surface area contributed by atoms with Gasteiger partial charge in [-0.1, -0.05) is 30.3 Å². The van der Waals surface area contributed by atoms with Crippen LogP contribution in [0.5, 0.6) is 0 Å². The Morgan fingerprint density at radius 1 is 0.900 bits per heavy atom. The summed E-state index contributed by atoms with van der Waals surface area (Å²) in [5.74, 6) is -2.40. The van der Waals surface area contributed by atoms with Gasteiger partial charge in [0.1, 0.15) is 0 Å². The van der Waals surface area contributed by atoms with E-state index >= 15 is 0 Å². The van der Waals surface area contributed by atoms with E-state index in [2.05, 4.69) is 0 Å². The molecule has 3 heteroatoms. The van der Waals surface area contributed by atoms with Gasteiger partial charge in [0.25, 0.3) is 5.92 Å². The monoisotopic (exact) mass is 276 g/mol. The van der Waals surface area contributed by atoms with Crippen molar-refractivity contribution >= 4 is 0 Å². The molecule has 20 heavy (non-hydrogen) atoms. The maximum atomic E-state index is 14.4. The first-order valence-corrected chi connectivity index (χ1v) is 7.68. The SMILES string of the molecule is OC1(c2ccccc2)CC2C3CC(F)(F)C4C3CC2C41. The fraction of sp³-hybridized carbons (Fsp3) is 0.647. The van der Waals surface area contributed by atoms with E-state index in [1.54, 1.807) is 0 Å². The van der Waals surface area contributed by atoms with Crippen molar-refractivity contribution in [1.82, 2.24) is 0 Å². The molecule has 4 aliphatic carbocycles. The van der Waals surface area contributed by atoms with E-state index in [4.69, 9.17) is 0 Å². The lowest BCUT2D eigenvalue weighted by Gasteiger charge is -2.36. The number of halogens is 2. The van der Waals surface area contributed by atoms with Crippen molar-refractivity contribution in [1.29, 1.82) is 0 Å². The summed E-state index contributed by atoms with van der Waals surface area (Å²) >= 11 is 0. The lowest BCUT2D eigenvalue weighted by molar-refractivity contribution is -0.112. The zero-order chi connectivity index (χ0) is 13.7. The first-order valence-electron chi connectivity index (χ1n) is 7.68. The Morgan fingerprint density at radius 3 is 2.30 bits per heavy atom. The Hall–Kier alpha value is -0.960. The van der Waals surface area contributed by atoms with E-state index < -0.39 is 17.4 Å². The highest BCUT2D eigenvalue weighted by Gasteiger charge is 2.77. The minimum absolute atomic E-state index is 0.0743. The molecule has 0 aromatic heterocycles. The molecule has 4 saturated carbocycles. The van der Waals surface area contributed by atoms with Gasteiger partial charge in [-0.05, 0) is 42.1 Å². The minimum Gasteiger partial charge on any atom is -0.385 e. The van der Waals surface area contributed by atoms with Crippen LogP contribution in [0.25, 0.3) is 0 Å². The summed E-state index contributed by atoms with van der Waals surface area (Å²) in [6, 6.07) is 9.52. The van der Waals surface area contributed by atoms with E-state index in [1.165, 1.54) is 0 Å². The maximum absolute atomic E-state index is 14.4. The molecule has 4 fully saturated rings. The van der Waals surface area contributed by atoms with E-state index in [1.807, 2.05) is 30.3 Å². The summed E-state index contributed by atoms with van der Waals surface area (Å²) in [5.41, 5.74) is -0.171. The second-order valence-corrected chi connectivity index (χ2v) is 7.40. The molecule has 106 valence electrons. The van der Waals surface area contributed by atoms with Crippen LogP contribution in [-0.4, -0.2) is 11.0 Å². The van der Waals surface area contributed by atoms with Crippen molar-refractivity contribution in [2.75, 3.05) is 0 Å². The first-order chi connectivity index (χ1) is 9.52. The van der Waals surface area contributed by atoms with Gasteiger partial charge in [-0.3, -0.25) is 0 Å². The lowest BCUT2D eigenvalue weighted by Crippen LogP contribution is -2.41. The van der Waals surface area contributed by atoms with Crippen LogP contribution >= 0.6 is 0 Å². The smallest absolute Gasteiger partial charge is 0.251 e. The molecule has 1 N–H and O–H groups in total. The number of aliphatic hydroxyl groups is 1. The Balaban J connectivity index is 1.66. The average Bonchev–Trinajstić information content (AvgIpc) is 3.05. The third-order valence-corrected chi connectivity index (χ3v) is 6.87. The van der Waals surface area contributed by atoms with Crippen LogP contribution < -0.4 is 0 Å². The second-order valence-electron chi connectivity index (χ2n) is 7.40. The largest absolute Gasteiger partial charge is 0.385 e. The molecule has 0 amide bonds. The standard InChI is InChI=1S/C17H18F2O/c18-17(19)8-13-11-6-10-12(13)7-16(20,14(10)15(11)17)9-4-2-1-3-5-9/h1-5,10-15,20H,6-8H2. The molecule has 0 saturated heterocycles. The number of rotatable bonds is 1. The quantitative estimate of drug-likeness (QED) is 0.833. The molecule has 1 aromatic rings. The van der Waals surface area contributed by atoms with Gasteiger partial charge >= 0.3 is 0 Å². The van der Waals surface area contributed by atoms with Gasteiger partial charge in [-0.25, -0.2) is 8.78 Å². The molecular formula is C17H18F2O. The lowest BCUT2D eigenvalue weighted by atomic mass is 9.74. The summed E-state index contributed by atoms with van der Waals surface area (Å²) < 4.78 is 28.8. The van der Waals surface area contributed by atoms with Gasteiger partial charge in [-0.2, -0.15) is 0 Å². The highest BCUT2D eigenvalue weighted by Crippen LogP contribution is 2.77. The van der Waals surface area contributed by atoms with Gasteiger partial charge in [0, 0.05) is 18.3 Å². The maximum Gasteiger partial charge on any atom is 0.251 e. The molecule has 0 radical (unpaired) electrons. The van der Waals surface area contributed by atoms with Gasteiger partial charge in [0.2, 0.25) is 0 Å². The van der Waals surface area contributed by atoms with Crippen molar-refractivity contribution in [3.8, 4) is 0 Å². The van der Waals surface area contributed by atoms with Gasteiger partial charge in [0.05, 0.1) is 5.60 Å². The first kappa shape index (κ1) is 11.7. The highest BCUT2D eigenvalue weighted by atomic mass is 19.3. The second kappa shape index (κ2) is 3.27. The van der Waals surface area contributed by atoms with Gasteiger partial charge in [-0.15, -0.1) is 0 Å². The van der Waals surface area contributed by atoms with Crippen LogP contribution in [0.15, 0.2) is 30.3 Å². The van der Waals surface area contributed by atoms with Gasteiger partial charge < -0.3 is 5.11 Å². The molecular weight excluding hydrogens is 258 g/mol. The minimum atomic E-state index is -2.56. The Kier molecular flexibility index (Phi) is 1.91. The summed E-state index contributed by atoms with van der Waals surface area (Å²) in [7, 11) is 0. The van der Waals surface area contributed by atoms with Crippen molar-refractivity contribution < 1.29 is 13.9 Å². The third-order valence-electron chi connectivity index (χ3n) is 6.87. The predicted octanol–water partition coefficient (Wildman–Crippen LogP) is 3.43. The molecule has 7 atom stereocenters. The third kappa shape index (κ3) is 1.10. The number of benzene rings is 1. The summed E-state index contributed by atoms with van der Waals surface area (Å²) in [5, 5.41) is 11.3. The molecule has 1 nitrogen and oxygen atoms in total. The van der Waals surface area contributed by atoms with Crippen LogP contribution in [0, 0.1) is 35.5 Å².